The van der Waals surface area contributed by atoms with Gasteiger partial charge in [-0.2, -0.15) is 4.98 Å². The van der Waals surface area contributed by atoms with E-state index in [2.05, 4.69) is 20.9 Å². The molecule has 0 radical (unpaired) electrons. The Bertz CT molecular complexity index is 773. The molecule has 0 aliphatic carbocycles. The number of aliphatic hydroxyl groups is 1. The number of rotatable bonds is 3. The minimum absolute atomic E-state index is 0.0614. The quantitative estimate of drug-likeness (QED) is 0.795. The summed E-state index contributed by atoms with van der Waals surface area (Å²) in [7, 11) is 0. The molecule has 0 amide bonds. The van der Waals surface area contributed by atoms with Crippen LogP contribution in [0.5, 0.6) is 11.6 Å². The lowest BCUT2D eigenvalue weighted by molar-refractivity contribution is 0.269. The molecule has 0 aliphatic rings. The lowest BCUT2D eigenvalue weighted by atomic mass is 10.3. The van der Waals surface area contributed by atoms with E-state index in [1.807, 2.05) is 12.1 Å². The molecule has 2 heterocycles. The van der Waals surface area contributed by atoms with E-state index in [1.165, 1.54) is 12.1 Å². The zero-order chi connectivity index (χ0) is 14.1. The van der Waals surface area contributed by atoms with Gasteiger partial charge in [0.25, 0.3) is 0 Å². The van der Waals surface area contributed by atoms with E-state index >= 15 is 0 Å². The van der Waals surface area contributed by atoms with Crippen LogP contribution in [0.2, 0.25) is 0 Å². The number of hydrogen-bond acceptors (Lipinski definition) is 3. The third-order valence-electron chi connectivity index (χ3n) is 2.84. The summed E-state index contributed by atoms with van der Waals surface area (Å²) in [4.78, 5) is 4.24. The van der Waals surface area contributed by atoms with E-state index in [9.17, 15) is 9.50 Å². The van der Waals surface area contributed by atoms with Crippen LogP contribution in [0, 0.1) is 5.82 Å². The zero-order valence-corrected chi connectivity index (χ0v) is 11.8. The molecule has 0 atom stereocenters. The van der Waals surface area contributed by atoms with Gasteiger partial charge < -0.3 is 9.84 Å². The second-order valence-corrected chi connectivity index (χ2v) is 5.04. The van der Waals surface area contributed by atoms with E-state index in [1.54, 1.807) is 22.7 Å². The van der Waals surface area contributed by atoms with Crippen molar-refractivity contribution in [2.75, 3.05) is 0 Å². The highest BCUT2D eigenvalue weighted by Crippen LogP contribution is 2.29. The fourth-order valence-electron chi connectivity index (χ4n) is 1.91. The van der Waals surface area contributed by atoms with Crippen LogP contribution >= 0.6 is 15.9 Å². The molecule has 3 aromatic rings. The number of ether oxygens (including phenoxy) is 1. The molecule has 0 spiro atoms. The predicted octanol–water partition coefficient (Wildman–Crippen LogP) is 3.52. The summed E-state index contributed by atoms with van der Waals surface area (Å²) in [5.41, 5.74) is 1.10. The van der Waals surface area contributed by atoms with Gasteiger partial charge >= 0.3 is 0 Å². The molecule has 1 aromatic carbocycles. The number of hydrogen-bond donors (Lipinski definition) is 1. The van der Waals surface area contributed by atoms with Gasteiger partial charge in [-0.1, -0.05) is 22.0 Å². The summed E-state index contributed by atoms with van der Waals surface area (Å²) in [5, 5.41) is 9.45. The van der Waals surface area contributed by atoms with Crippen molar-refractivity contribution in [2.24, 2.45) is 0 Å². The largest absolute Gasteiger partial charge is 0.434 e. The van der Waals surface area contributed by atoms with Crippen LogP contribution in [-0.4, -0.2) is 14.5 Å². The summed E-state index contributed by atoms with van der Waals surface area (Å²) >= 11 is 3.18. The van der Waals surface area contributed by atoms with Gasteiger partial charge in [-0.25, -0.2) is 4.39 Å². The first-order valence-electron chi connectivity index (χ1n) is 5.89. The second kappa shape index (κ2) is 5.22. The molecule has 6 heteroatoms. The molecule has 102 valence electrons. The maximum Gasteiger partial charge on any atom is 0.244 e. The van der Waals surface area contributed by atoms with E-state index in [0.717, 1.165) is 0 Å². The Hall–Kier alpha value is -1.92. The predicted molar refractivity (Wildman–Crippen MR) is 75.3 cm³/mol. The number of benzene rings is 1. The van der Waals surface area contributed by atoms with Gasteiger partial charge in [0.15, 0.2) is 11.6 Å². The van der Waals surface area contributed by atoms with E-state index in [-0.39, 0.29) is 18.2 Å². The lowest BCUT2D eigenvalue weighted by Gasteiger charge is -2.06. The van der Waals surface area contributed by atoms with Crippen molar-refractivity contribution < 1.29 is 14.2 Å². The molecule has 20 heavy (non-hydrogen) atoms. The molecular formula is C14H10BrFN2O2. The van der Waals surface area contributed by atoms with Gasteiger partial charge in [0.2, 0.25) is 5.88 Å². The van der Waals surface area contributed by atoms with Crippen molar-refractivity contribution in [3.8, 4) is 11.6 Å². The molecular weight excluding hydrogens is 327 g/mol. The smallest absolute Gasteiger partial charge is 0.244 e. The van der Waals surface area contributed by atoms with Crippen molar-refractivity contribution in [1.29, 1.82) is 0 Å². The summed E-state index contributed by atoms with van der Waals surface area (Å²) in [6.45, 7) is -0.251. The first-order chi connectivity index (χ1) is 9.69. The van der Waals surface area contributed by atoms with Gasteiger partial charge in [-0.05, 0) is 30.3 Å². The van der Waals surface area contributed by atoms with Crippen molar-refractivity contribution in [3.63, 3.8) is 0 Å². The van der Waals surface area contributed by atoms with Crippen LogP contribution in [0.4, 0.5) is 4.39 Å². The number of halogens is 2. The van der Waals surface area contributed by atoms with E-state index in [4.69, 9.17) is 4.74 Å². The number of fused-ring (bicyclic) bond motifs is 1. The third kappa shape index (κ3) is 2.28. The molecule has 0 saturated heterocycles. The molecule has 0 fully saturated rings. The van der Waals surface area contributed by atoms with Gasteiger partial charge in [0.05, 0.1) is 6.61 Å². The van der Waals surface area contributed by atoms with Crippen LogP contribution in [0.15, 0.2) is 47.1 Å². The molecule has 4 nitrogen and oxygen atoms in total. The van der Waals surface area contributed by atoms with Gasteiger partial charge in [-0.15, -0.1) is 0 Å². The number of imidazole rings is 1. The molecule has 0 saturated carbocycles. The fraction of sp³-hybridized carbons (Fsp3) is 0.0714. The summed E-state index contributed by atoms with van der Waals surface area (Å²) in [6.07, 6.45) is 1.76. The Morgan fingerprint density at radius 2 is 2.15 bits per heavy atom. The van der Waals surface area contributed by atoms with Crippen molar-refractivity contribution >= 4 is 21.6 Å². The Balaban J connectivity index is 2.06. The van der Waals surface area contributed by atoms with E-state index < -0.39 is 5.82 Å². The summed E-state index contributed by atoms with van der Waals surface area (Å²) in [6, 6.07) is 9.91. The highest BCUT2D eigenvalue weighted by atomic mass is 79.9. The normalized spacial score (nSPS) is 10.9. The Morgan fingerprint density at radius 1 is 1.30 bits per heavy atom. The molecule has 0 aliphatic heterocycles. The Morgan fingerprint density at radius 3 is 2.90 bits per heavy atom. The van der Waals surface area contributed by atoms with Crippen LogP contribution in [0.3, 0.4) is 0 Å². The average molecular weight is 337 g/mol. The van der Waals surface area contributed by atoms with Crippen molar-refractivity contribution in [1.82, 2.24) is 9.38 Å². The molecule has 3 rings (SSSR count). The molecule has 2 aromatic heterocycles. The minimum Gasteiger partial charge on any atom is -0.434 e. The van der Waals surface area contributed by atoms with Gasteiger partial charge in [0.1, 0.15) is 11.3 Å². The van der Waals surface area contributed by atoms with Gasteiger partial charge in [0, 0.05) is 10.7 Å². The summed E-state index contributed by atoms with van der Waals surface area (Å²) in [5.74, 6) is -0.244. The van der Waals surface area contributed by atoms with Crippen LogP contribution in [-0.2, 0) is 6.61 Å². The second-order valence-electron chi connectivity index (χ2n) is 4.13. The standard InChI is InChI=1S/C14H10BrFN2O2/c15-9-4-5-12(10(16)7-9)20-14-11(8-19)18-6-2-1-3-13(18)17-14/h1-7,19H,8H2. The third-order valence-corrected chi connectivity index (χ3v) is 3.34. The van der Waals surface area contributed by atoms with Crippen LogP contribution < -0.4 is 4.74 Å². The average Bonchev–Trinajstić information content (AvgIpc) is 2.79. The van der Waals surface area contributed by atoms with Crippen LogP contribution in [0.1, 0.15) is 5.69 Å². The maximum atomic E-state index is 13.8. The number of aromatic nitrogens is 2. The fourth-order valence-corrected chi connectivity index (χ4v) is 2.25. The topological polar surface area (TPSA) is 46.8 Å². The zero-order valence-electron chi connectivity index (χ0n) is 10.3. The monoisotopic (exact) mass is 336 g/mol. The maximum absolute atomic E-state index is 13.8. The number of aliphatic hydroxyl groups excluding tert-OH is 1. The first-order valence-corrected chi connectivity index (χ1v) is 6.68. The Kier molecular flexibility index (Phi) is 3.42. The first kappa shape index (κ1) is 13.1. The van der Waals surface area contributed by atoms with Gasteiger partial charge in [-0.3, -0.25) is 4.40 Å². The lowest BCUT2D eigenvalue weighted by Crippen LogP contribution is -1.95. The SMILES string of the molecule is OCc1c(Oc2ccc(Br)cc2F)nc2ccccn12. The van der Waals surface area contributed by atoms with Crippen molar-refractivity contribution in [3.05, 3.63) is 58.6 Å². The molecule has 0 unspecified atom stereocenters. The molecule has 1 N–H and O–H groups in total. The molecule has 0 bridgehead atoms. The highest BCUT2D eigenvalue weighted by Gasteiger charge is 2.15. The van der Waals surface area contributed by atoms with Crippen LogP contribution in [0.25, 0.3) is 5.65 Å². The minimum atomic E-state index is -0.500. The Labute approximate surface area is 122 Å². The number of nitrogens with zero attached hydrogens (tertiary/aromatic N) is 2. The number of pyridine rings is 1. The van der Waals surface area contributed by atoms with E-state index in [0.29, 0.717) is 15.8 Å². The van der Waals surface area contributed by atoms with Crippen molar-refractivity contribution in [2.45, 2.75) is 6.61 Å². The highest BCUT2D eigenvalue weighted by molar-refractivity contribution is 9.10. The summed E-state index contributed by atoms with van der Waals surface area (Å²) < 4.78 is 21.6.